The fraction of sp³-hybridized carbons (Fsp3) is 1.00. The second-order valence-corrected chi connectivity index (χ2v) is 6.56. The molecule has 0 aromatic heterocycles. The van der Waals surface area contributed by atoms with Crippen molar-refractivity contribution in [3.05, 3.63) is 0 Å². The van der Waals surface area contributed by atoms with Crippen LogP contribution in [0.5, 0.6) is 0 Å². The highest BCUT2D eigenvalue weighted by molar-refractivity contribution is 7.85. The van der Waals surface area contributed by atoms with Crippen molar-refractivity contribution in [3.8, 4) is 0 Å². The topological polar surface area (TPSA) is 54.4 Å². The van der Waals surface area contributed by atoms with Gasteiger partial charge in [0.1, 0.15) is 0 Å². The summed E-state index contributed by atoms with van der Waals surface area (Å²) in [5.41, 5.74) is 0. The summed E-state index contributed by atoms with van der Waals surface area (Å²) in [5.74, 6) is 2.18. The van der Waals surface area contributed by atoms with E-state index in [2.05, 4.69) is 0 Å². The van der Waals surface area contributed by atoms with Gasteiger partial charge in [-0.3, -0.25) is 4.55 Å². The molecule has 14 heavy (non-hydrogen) atoms. The number of hydrogen-bond donors (Lipinski definition) is 1. The predicted octanol–water partition coefficient (Wildman–Crippen LogP) is 1.95. The second-order valence-electron chi connectivity index (χ2n) is 5.06. The molecule has 2 rings (SSSR count). The molecular weight excluding hydrogens is 200 g/mol. The Morgan fingerprint density at radius 2 is 2.07 bits per heavy atom. The average molecular weight is 218 g/mol. The summed E-state index contributed by atoms with van der Waals surface area (Å²) in [4.78, 5) is 0. The molecular formula is C10H18O3S. The zero-order valence-electron chi connectivity index (χ0n) is 8.52. The zero-order valence-corrected chi connectivity index (χ0v) is 9.33. The monoisotopic (exact) mass is 218 g/mol. The molecule has 0 aromatic rings. The van der Waals surface area contributed by atoms with Crippen LogP contribution in [0.4, 0.5) is 0 Å². The molecule has 4 unspecified atom stereocenters. The lowest BCUT2D eigenvalue weighted by Crippen LogP contribution is -2.25. The first-order valence-electron chi connectivity index (χ1n) is 5.41. The lowest BCUT2D eigenvalue weighted by molar-refractivity contribution is 0.255. The minimum atomic E-state index is -3.78. The second kappa shape index (κ2) is 3.49. The van der Waals surface area contributed by atoms with Gasteiger partial charge in [-0.15, -0.1) is 0 Å². The third kappa shape index (κ3) is 2.11. The van der Waals surface area contributed by atoms with Gasteiger partial charge in [-0.25, -0.2) is 0 Å². The maximum atomic E-state index is 10.8. The summed E-state index contributed by atoms with van der Waals surface area (Å²) < 4.78 is 30.3. The molecule has 0 aliphatic heterocycles. The Balaban J connectivity index is 1.96. The van der Waals surface area contributed by atoms with Gasteiger partial charge < -0.3 is 0 Å². The van der Waals surface area contributed by atoms with Crippen LogP contribution < -0.4 is 0 Å². The first-order valence-corrected chi connectivity index (χ1v) is 7.02. The fourth-order valence-electron chi connectivity index (χ4n) is 3.45. The normalized spacial score (nSPS) is 38.9. The van der Waals surface area contributed by atoms with Gasteiger partial charge in [-0.05, 0) is 42.9 Å². The summed E-state index contributed by atoms with van der Waals surface area (Å²) in [6, 6.07) is 0. The van der Waals surface area contributed by atoms with Crippen molar-refractivity contribution in [3.63, 3.8) is 0 Å². The van der Waals surface area contributed by atoms with E-state index < -0.39 is 10.1 Å². The van der Waals surface area contributed by atoms with Crippen molar-refractivity contribution in [2.24, 2.45) is 23.7 Å². The van der Waals surface area contributed by atoms with Gasteiger partial charge in [0.2, 0.25) is 0 Å². The SMILES string of the molecule is CC(CS(=O)(=O)O)C1CC2CCC1C2. The van der Waals surface area contributed by atoms with Gasteiger partial charge in [0.25, 0.3) is 10.1 Å². The molecule has 0 spiro atoms. The van der Waals surface area contributed by atoms with E-state index in [1.807, 2.05) is 6.92 Å². The molecule has 0 aromatic carbocycles. The number of hydrogen-bond acceptors (Lipinski definition) is 2. The van der Waals surface area contributed by atoms with Crippen LogP contribution in [0.15, 0.2) is 0 Å². The Morgan fingerprint density at radius 1 is 1.36 bits per heavy atom. The van der Waals surface area contributed by atoms with E-state index in [4.69, 9.17) is 4.55 Å². The smallest absolute Gasteiger partial charge is 0.265 e. The molecule has 2 aliphatic rings. The summed E-state index contributed by atoms with van der Waals surface area (Å²) in [6.07, 6.45) is 5.08. The van der Waals surface area contributed by atoms with Crippen LogP contribution in [-0.2, 0) is 10.1 Å². The standard InChI is InChI=1S/C10H18O3S/c1-7(6-14(11,12)13)10-5-8-2-3-9(10)4-8/h7-10H,2-6H2,1H3,(H,11,12,13). The lowest BCUT2D eigenvalue weighted by atomic mass is 9.81. The van der Waals surface area contributed by atoms with Gasteiger partial charge in [-0.2, -0.15) is 8.42 Å². The van der Waals surface area contributed by atoms with Gasteiger partial charge in [-0.1, -0.05) is 13.3 Å². The van der Waals surface area contributed by atoms with E-state index >= 15 is 0 Å². The van der Waals surface area contributed by atoms with Crippen molar-refractivity contribution in [2.75, 3.05) is 5.75 Å². The molecule has 2 aliphatic carbocycles. The summed E-state index contributed by atoms with van der Waals surface area (Å²) >= 11 is 0. The summed E-state index contributed by atoms with van der Waals surface area (Å²) in [7, 11) is -3.78. The quantitative estimate of drug-likeness (QED) is 0.737. The third-order valence-corrected chi connectivity index (χ3v) is 4.94. The Bertz CT molecular complexity index is 309. The van der Waals surface area contributed by atoms with Gasteiger partial charge >= 0.3 is 0 Å². The highest BCUT2D eigenvalue weighted by Gasteiger charge is 2.42. The average Bonchev–Trinajstić information content (AvgIpc) is 2.59. The van der Waals surface area contributed by atoms with Crippen molar-refractivity contribution in [2.45, 2.75) is 32.6 Å². The van der Waals surface area contributed by atoms with Crippen LogP contribution in [-0.4, -0.2) is 18.7 Å². The van der Waals surface area contributed by atoms with E-state index in [-0.39, 0.29) is 11.7 Å². The molecule has 0 radical (unpaired) electrons. The molecule has 82 valence electrons. The molecule has 4 heteroatoms. The molecule has 2 fully saturated rings. The van der Waals surface area contributed by atoms with Gasteiger partial charge in [0.15, 0.2) is 0 Å². The molecule has 2 bridgehead atoms. The third-order valence-electron chi connectivity index (χ3n) is 4.00. The van der Waals surface area contributed by atoms with Crippen LogP contribution >= 0.6 is 0 Å². The number of rotatable bonds is 3. The van der Waals surface area contributed by atoms with E-state index in [9.17, 15) is 8.42 Å². The van der Waals surface area contributed by atoms with E-state index in [0.717, 1.165) is 11.8 Å². The van der Waals surface area contributed by atoms with Crippen molar-refractivity contribution in [1.82, 2.24) is 0 Å². The molecule has 0 amide bonds. The highest BCUT2D eigenvalue weighted by atomic mass is 32.2. The maximum absolute atomic E-state index is 10.8. The predicted molar refractivity (Wildman–Crippen MR) is 54.5 cm³/mol. The molecule has 1 N–H and O–H groups in total. The minimum absolute atomic E-state index is 0.0547. The van der Waals surface area contributed by atoms with Crippen LogP contribution in [0.3, 0.4) is 0 Å². The van der Waals surface area contributed by atoms with E-state index in [0.29, 0.717) is 5.92 Å². The molecule has 0 heterocycles. The fourth-order valence-corrected chi connectivity index (χ4v) is 4.36. The summed E-state index contributed by atoms with van der Waals surface area (Å²) in [5, 5.41) is 0. The van der Waals surface area contributed by atoms with E-state index in [1.165, 1.54) is 25.7 Å². The van der Waals surface area contributed by atoms with Crippen LogP contribution in [0, 0.1) is 23.7 Å². The zero-order chi connectivity index (χ0) is 10.3. The first kappa shape index (κ1) is 10.4. The molecule has 2 saturated carbocycles. The largest absolute Gasteiger partial charge is 0.286 e. The van der Waals surface area contributed by atoms with Crippen LogP contribution in [0.1, 0.15) is 32.6 Å². The Kier molecular flexibility index (Phi) is 2.60. The Labute approximate surface area is 85.6 Å². The molecule has 4 atom stereocenters. The van der Waals surface area contributed by atoms with Crippen LogP contribution in [0.2, 0.25) is 0 Å². The van der Waals surface area contributed by atoms with Crippen molar-refractivity contribution < 1.29 is 13.0 Å². The van der Waals surface area contributed by atoms with Crippen molar-refractivity contribution in [1.29, 1.82) is 0 Å². The Morgan fingerprint density at radius 3 is 2.50 bits per heavy atom. The first-order chi connectivity index (χ1) is 6.46. The highest BCUT2D eigenvalue weighted by Crippen LogP contribution is 2.51. The number of fused-ring (bicyclic) bond motifs is 2. The molecule has 3 nitrogen and oxygen atoms in total. The van der Waals surface area contributed by atoms with Crippen LogP contribution in [0.25, 0.3) is 0 Å². The van der Waals surface area contributed by atoms with Gasteiger partial charge in [0.05, 0.1) is 5.75 Å². The van der Waals surface area contributed by atoms with E-state index in [1.54, 1.807) is 0 Å². The minimum Gasteiger partial charge on any atom is -0.286 e. The molecule has 0 saturated heterocycles. The van der Waals surface area contributed by atoms with Crippen molar-refractivity contribution >= 4 is 10.1 Å². The summed E-state index contributed by atoms with van der Waals surface area (Å²) in [6.45, 7) is 1.96. The lowest BCUT2D eigenvalue weighted by Gasteiger charge is -2.26. The maximum Gasteiger partial charge on any atom is 0.265 e. The Hall–Kier alpha value is -0.0900. The van der Waals surface area contributed by atoms with Gasteiger partial charge in [0, 0.05) is 0 Å².